The predicted octanol–water partition coefficient (Wildman–Crippen LogP) is -1.18. The summed E-state index contributed by atoms with van der Waals surface area (Å²) in [7, 11) is -10.7. The summed E-state index contributed by atoms with van der Waals surface area (Å²) in [6.07, 6.45) is 0. The van der Waals surface area contributed by atoms with Crippen LogP contribution in [-0.2, 0) is 22.6 Å². The zero-order chi connectivity index (χ0) is 8.41. The van der Waals surface area contributed by atoms with Gasteiger partial charge in [-0.05, 0) is 0 Å². The van der Waals surface area contributed by atoms with Crippen LogP contribution in [0.2, 0.25) is 0 Å². The van der Waals surface area contributed by atoms with Crippen LogP contribution in [0.15, 0.2) is 5.34 Å². The lowest BCUT2D eigenvalue weighted by Gasteiger charge is -1.90. The van der Waals surface area contributed by atoms with E-state index in [1.807, 2.05) is 0 Å². The molecule has 0 aliphatic carbocycles. The maximum absolute atomic E-state index is 9.90. The Morgan fingerprint density at radius 1 is 1.20 bits per heavy atom. The smallest absolute Gasteiger partial charge is 0.271 e. The van der Waals surface area contributed by atoms with E-state index in [-0.39, 0.29) is 0 Å². The van der Waals surface area contributed by atoms with Gasteiger partial charge >= 0.3 is 18.3 Å². The van der Waals surface area contributed by atoms with Gasteiger partial charge in [-0.1, -0.05) is 0 Å². The molecule has 0 amide bonds. The van der Waals surface area contributed by atoms with Crippen LogP contribution in [0.4, 0.5) is 0 Å². The summed E-state index contributed by atoms with van der Waals surface area (Å²) in [5.74, 6) is 0. The van der Waals surface area contributed by atoms with E-state index in [0.717, 1.165) is 0 Å². The van der Waals surface area contributed by atoms with E-state index in [2.05, 4.69) is 4.28 Å². The zero-order valence-electron chi connectivity index (χ0n) is 4.16. The number of rotatable bonds is 3. The van der Waals surface area contributed by atoms with Crippen LogP contribution in [0.5, 0.6) is 0 Å². The highest BCUT2D eigenvalue weighted by Crippen LogP contribution is 2.01. The molecule has 0 aromatic rings. The Balaban J connectivity index is 4.98. The summed E-state index contributed by atoms with van der Waals surface area (Å²) in [4.78, 5) is 9.04. The molecule has 0 unspecified atom stereocenters. The van der Waals surface area contributed by atoms with Crippen molar-refractivity contribution >= 4 is 18.3 Å². The summed E-state index contributed by atoms with van der Waals surface area (Å²) in [5, 5.41) is 1.30. The first kappa shape index (κ1) is 9.26. The molecule has 0 atom stereocenters. The summed E-state index contributed by atoms with van der Waals surface area (Å²) in [6.45, 7) is 0. The molecule has 0 saturated heterocycles. The highest BCUT2D eigenvalue weighted by Gasteiger charge is 2.30. The van der Waals surface area contributed by atoms with E-state index in [9.17, 15) is 16.8 Å². The Kier molecular flexibility index (Phi) is 2.29. The van der Waals surface area contributed by atoms with Crippen molar-refractivity contribution < 1.29 is 25.7 Å². The zero-order valence-corrected chi connectivity index (χ0v) is 5.79. The molecule has 0 heterocycles. The van der Waals surface area contributed by atoms with Gasteiger partial charge in [0.1, 0.15) is 0 Å². The Bertz CT molecular complexity index is 304. The summed E-state index contributed by atoms with van der Waals surface area (Å²) >= 11 is 0. The number of hydrogen-bond donors (Lipinski definition) is 1. The molecule has 0 saturated carbocycles. The van der Waals surface area contributed by atoms with Gasteiger partial charge in [-0.15, -0.1) is 4.91 Å². The van der Waals surface area contributed by atoms with Gasteiger partial charge in [0.05, 0.1) is 0 Å². The highest BCUT2D eigenvalue weighted by molar-refractivity contribution is 8.63. The quantitative estimate of drug-likeness (QED) is 0.257. The second kappa shape index (κ2) is 2.48. The third kappa shape index (κ3) is 1.89. The molecule has 0 rings (SSSR count). The fraction of sp³-hybridized carbons (Fsp3) is 0. The molecule has 10 heteroatoms. The molecule has 0 aliphatic rings. The topological polar surface area (TPSA) is 127 Å². The minimum Gasteiger partial charge on any atom is -0.271 e. The van der Waals surface area contributed by atoms with Crippen LogP contribution in [0.1, 0.15) is 0 Å². The van der Waals surface area contributed by atoms with Crippen LogP contribution < -0.4 is 0 Å². The molecule has 0 aromatic heterocycles. The molecular weight excluding hydrogens is 190 g/mol. The van der Waals surface area contributed by atoms with E-state index in [1.54, 1.807) is 0 Å². The molecule has 10 heavy (non-hydrogen) atoms. The van der Waals surface area contributed by atoms with Crippen LogP contribution in [0.3, 0.4) is 0 Å². The number of hydrogen-bond acceptors (Lipinski definition) is 7. The second-order valence-corrected chi connectivity index (χ2v) is 5.29. The van der Waals surface area contributed by atoms with Crippen molar-refractivity contribution in [2.75, 3.05) is 0 Å². The van der Waals surface area contributed by atoms with Gasteiger partial charge < -0.3 is 0 Å². The normalized spacial score (nSPS) is 12.5. The van der Waals surface area contributed by atoms with Crippen molar-refractivity contribution in [3.8, 4) is 0 Å². The van der Waals surface area contributed by atoms with Crippen molar-refractivity contribution in [3.05, 3.63) is 4.91 Å². The Labute approximate surface area is 55.0 Å². The van der Waals surface area contributed by atoms with Gasteiger partial charge in [-0.25, -0.2) is 4.28 Å². The summed E-state index contributed by atoms with van der Waals surface area (Å²) in [5.41, 5.74) is 0. The highest BCUT2D eigenvalue weighted by atomic mass is 33.2. The fourth-order valence-electron chi connectivity index (χ4n) is 0.0757. The fourth-order valence-corrected chi connectivity index (χ4v) is 0.532. The van der Waals surface area contributed by atoms with Gasteiger partial charge in [-0.3, -0.25) is 4.55 Å². The first-order valence-corrected chi connectivity index (χ1v) is 4.91. The van der Waals surface area contributed by atoms with E-state index in [1.165, 1.54) is 5.34 Å². The van der Waals surface area contributed by atoms with E-state index >= 15 is 0 Å². The Morgan fingerprint density at radius 2 is 1.60 bits per heavy atom. The lowest BCUT2D eigenvalue weighted by molar-refractivity contribution is 0.338. The van der Waals surface area contributed by atoms with Crippen LogP contribution in [0, 0.1) is 4.91 Å². The molecule has 0 bridgehead atoms. The predicted molar refractivity (Wildman–Crippen MR) is 27.3 cm³/mol. The van der Waals surface area contributed by atoms with Crippen molar-refractivity contribution in [1.82, 2.24) is 0 Å². The van der Waals surface area contributed by atoms with Crippen molar-refractivity contribution in [1.29, 1.82) is 0 Å². The first-order chi connectivity index (χ1) is 4.31. The van der Waals surface area contributed by atoms with Crippen molar-refractivity contribution in [2.45, 2.75) is 0 Å². The number of nitrogens with zero attached hydrogens (tertiary/aromatic N) is 1. The van der Waals surface area contributed by atoms with Gasteiger partial charge in [0.2, 0.25) is 0 Å². The van der Waals surface area contributed by atoms with Crippen LogP contribution in [-0.4, -0.2) is 21.4 Å². The maximum Gasteiger partial charge on any atom is 0.465 e. The van der Waals surface area contributed by atoms with Gasteiger partial charge in [0.25, 0.3) is 0 Å². The average molecular weight is 191 g/mol. The third-order valence-corrected chi connectivity index (χ3v) is 2.87. The van der Waals surface area contributed by atoms with Gasteiger partial charge in [-0.2, -0.15) is 16.8 Å². The first-order valence-electron chi connectivity index (χ1n) is 1.55. The minimum absolute atomic E-state index is 1.30. The van der Waals surface area contributed by atoms with E-state index < -0.39 is 18.3 Å². The minimum atomic E-state index is -5.41. The summed E-state index contributed by atoms with van der Waals surface area (Å²) in [6, 6.07) is 0. The monoisotopic (exact) mass is 191 g/mol. The summed E-state index contributed by atoms with van der Waals surface area (Å²) < 4.78 is 49.7. The molecule has 1 N–H and O–H groups in total. The van der Waals surface area contributed by atoms with E-state index in [0.29, 0.717) is 0 Å². The van der Waals surface area contributed by atoms with Crippen molar-refractivity contribution in [2.24, 2.45) is 5.34 Å². The Morgan fingerprint density at radius 3 is 1.70 bits per heavy atom. The Hall–Kier alpha value is -0.740. The van der Waals surface area contributed by atoms with E-state index in [4.69, 9.17) is 9.46 Å². The lowest BCUT2D eigenvalue weighted by atomic mass is 13.4. The standard InChI is InChI=1S/HNO7S2/c2-1-8-10(6,7)9(3,4)5/h(H,3,4,5). The van der Waals surface area contributed by atoms with Gasteiger partial charge in [0, 0.05) is 0 Å². The SMILES string of the molecule is O=NOS(=O)(=O)S(=O)(=O)O. The lowest BCUT2D eigenvalue weighted by Crippen LogP contribution is -2.14. The molecule has 0 aromatic carbocycles. The second-order valence-electron chi connectivity index (χ2n) is 0.985. The van der Waals surface area contributed by atoms with Gasteiger partial charge in [0.15, 0.2) is 5.34 Å². The van der Waals surface area contributed by atoms with Crippen molar-refractivity contribution in [3.63, 3.8) is 0 Å². The molecule has 8 nitrogen and oxygen atoms in total. The molecule has 0 radical (unpaired) electrons. The molecule has 0 aliphatic heterocycles. The molecule has 0 fully saturated rings. The molecule has 60 valence electrons. The van der Waals surface area contributed by atoms with Crippen LogP contribution in [0.25, 0.3) is 0 Å². The molecular formula is HNO7S2. The van der Waals surface area contributed by atoms with Crippen LogP contribution >= 0.6 is 0 Å². The third-order valence-electron chi connectivity index (χ3n) is 0.380. The maximum atomic E-state index is 9.90. The molecule has 0 spiro atoms. The largest absolute Gasteiger partial charge is 0.465 e. The average Bonchev–Trinajstić information content (AvgIpc) is 1.61.